The molecule has 2 saturated carbocycles. The molecule has 0 saturated heterocycles. The Balaban J connectivity index is 2.12. The number of rotatable bonds is 2. The lowest BCUT2D eigenvalue weighted by atomic mass is 9.44. The van der Waals surface area contributed by atoms with E-state index >= 15 is 0 Å². The van der Waals surface area contributed by atoms with E-state index in [1.807, 2.05) is 0 Å². The predicted molar refractivity (Wildman–Crippen MR) is 62.2 cm³/mol. The maximum atomic E-state index is 2.54. The van der Waals surface area contributed by atoms with Crippen molar-refractivity contribution in [1.82, 2.24) is 0 Å². The Morgan fingerprint density at radius 1 is 1.21 bits per heavy atom. The first-order valence-electron chi connectivity index (χ1n) is 6.62. The van der Waals surface area contributed by atoms with Crippen LogP contribution in [0.2, 0.25) is 0 Å². The Kier molecular flexibility index (Phi) is 2.66. The molecule has 0 aromatic carbocycles. The van der Waals surface area contributed by atoms with Crippen LogP contribution < -0.4 is 0 Å². The summed E-state index contributed by atoms with van der Waals surface area (Å²) in [5.74, 6) is 4.22. The molecule has 0 nitrogen and oxygen atoms in total. The normalized spacial score (nSPS) is 52.3. The van der Waals surface area contributed by atoms with Crippen molar-refractivity contribution in [2.45, 2.75) is 59.8 Å². The van der Waals surface area contributed by atoms with Crippen LogP contribution in [0.4, 0.5) is 0 Å². The highest BCUT2D eigenvalue weighted by atomic mass is 14.6. The fourth-order valence-electron chi connectivity index (χ4n) is 4.34. The Hall–Kier alpha value is 0. The Morgan fingerprint density at radius 2 is 1.93 bits per heavy atom. The van der Waals surface area contributed by atoms with Gasteiger partial charge >= 0.3 is 0 Å². The Morgan fingerprint density at radius 3 is 2.50 bits per heavy atom. The van der Waals surface area contributed by atoms with E-state index in [-0.39, 0.29) is 0 Å². The van der Waals surface area contributed by atoms with Gasteiger partial charge in [-0.2, -0.15) is 0 Å². The van der Waals surface area contributed by atoms with Crippen LogP contribution in [0.25, 0.3) is 0 Å². The summed E-state index contributed by atoms with van der Waals surface area (Å²) >= 11 is 0. The average molecular weight is 194 g/mol. The third kappa shape index (κ3) is 1.33. The fourth-order valence-corrected chi connectivity index (χ4v) is 4.34. The molecule has 0 aromatic rings. The summed E-state index contributed by atoms with van der Waals surface area (Å²) in [6.45, 7) is 9.81. The lowest BCUT2D eigenvalue weighted by Gasteiger charge is -2.61. The van der Waals surface area contributed by atoms with Crippen LogP contribution in [0.1, 0.15) is 59.8 Å². The Labute approximate surface area is 89.5 Å². The van der Waals surface area contributed by atoms with Gasteiger partial charge in [-0.25, -0.2) is 0 Å². The van der Waals surface area contributed by atoms with E-state index in [4.69, 9.17) is 0 Å². The van der Waals surface area contributed by atoms with Gasteiger partial charge in [0.2, 0.25) is 0 Å². The van der Waals surface area contributed by atoms with Crippen molar-refractivity contribution in [2.75, 3.05) is 0 Å². The van der Waals surface area contributed by atoms with E-state index in [1.54, 1.807) is 0 Å². The lowest BCUT2D eigenvalue weighted by molar-refractivity contribution is -0.122. The first kappa shape index (κ1) is 10.5. The van der Waals surface area contributed by atoms with Gasteiger partial charge in [-0.3, -0.25) is 0 Å². The molecule has 2 fully saturated rings. The highest BCUT2D eigenvalue weighted by Gasteiger charge is 2.55. The van der Waals surface area contributed by atoms with E-state index in [0.717, 1.165) is 23.7 Å². The molecule has 0 bridgehead atoms. The van der Waals surface area contributed by atoms with E-state index in [1.165, 1.54) is 32.1 Å². The standard InChI is InChI=1S/C14H26/c1-5-11-8-7-10(3)12-9-14(4,6-2)13(11)12/h10-13H,5-9H2,1-4H3. The molecule has 0 heteroatoms. The maximum Gasteiger partial charge on any atom is -0.0292 e. The van der Waals surface area contributed by atoms with Crippen LogP contribution in [0.5, 0.6) is 0 Å². The van der Waals surface area contributed by atoms with Gasteiger partial charge in [0.15, 0.2) is 0 Å². The molecule has 0 aliphatic heterocycles. The highest BCUT2D eigenvalue weighted by Crippen LogP contribution is 2.63. The monoisotopic (exact) mass is 194 g/mol. The van der Waals surface area contributed by atoms with Gasteiger partial charge in [0.25, 0.3) is 0 Å². The number of fused-ring (bicyclic) bond motifs is 1. The van der Waals surface area contributed by atoms with Gasteiger partial charge in [-0.05, 0) is 41.9 Å². The summed E-state index contributed by atoms with van der Waals surface area (Å²) in [6.07, 6.45) is 7.35. The molecule has 14 heavy (non-hydrogen) atoms. The minimum Gasteiger partial charge on any atom is -0.0651 e. The summed E-state index contributed by atoms with van der Waals surface area (Å²) in [5, 5.41) is 0. The van der Waals surface area contributed by atoms with Gasteiger partial charge in [0, 0.05) is 0 Å². The fraction of sp³-hybridized carbons (Fsp3) is 1.00. The van der Waals surface area contributed by atoms with Crippen molar-refractivity contribution >= 4 is 0 Å². The van der Waals surface area contributed by atoms with Crippen molar-refractivity contribution in [3.05, 3.63) is 0 Å². The first-order valence-corrected chi connectivity index (χ1v) is 6.62. The molecule has 0 heterocycles. The second-order valence-electron chi connectivity index (χ2n) is 6.12. The molecule has 0 N–H and O–H groups in total. The first-order chi connectivity index (χ1) is 6.62. The third-order valence-corrected chi connectivity index (χ3v) is 5.53. The minimum atomic E-state index is 0.708. The van der Waals surface area contributed by atoms with Crippen molar-refractivity contribution in [2.24, 2.45) is 29.1 Å². The van der Waals surface area contributed by atoms with Crippen molar-refractivity contribution in [3.8, 4) is 0 Å². The quantitative estimate of drug-likeness (QED) is 0.607. The smallest absolute Gasteiger partial charge is 0.0292 e. The molecule has 2 rings (SSSR count). The van der Waals surface area contributed by atoms with E-state index in [2.05, 4.69) is 27.7 Å². The minimum absolute atomic E-state index is 0.708. The lowest BCUT2D eigenvalue weighted by Crippen LogP contribution is -2.54. The number of hydrogen-bond acceptors (Lipinski definition) is 0. The molecular formula is C14H26. The summed E-state index contributed by atoms with van der Waals surface area (Å²) < 4.78 is 0. The summed E-state index contributed by atoms with van der Waals surface area (Å²) in [6, 6.07) is 0. The van der Waals surface area contributed by atoms with Gasteiger partial charge in [0.05, 0.1) is 0 Å². The largest absolute Gasteiger partial charge is 0.0651 e. The van der Waals surface area contributed by atoms with Crippen LogP contribution in [-0.2, 0) is 0 Å². The molecular weight excluding hydrogens is 168 g/mol. The van der Waals surface area contributed by atoms with Crippen molar-refractivity contribution in [1.29, 1.82) is 0 Å². The zero-order valence-corrected chi connectivity index (χ0v) is 10.3. The zero-order valence-electron chi connectivity index (χ0n) is 10.3. The molecule has 5 unspecified atom stereocenters. The molecule has 0 spiro atoms. The molecule has 0 aromatic heterocycles. The summed E-state index contributed by atoms with van der Waals surface area (Å²) in [7, 11) is 0. The van der Waals surface area contributed by atoms with E-state index in [9.17, 15) is 0 Å². The second kappa shape index (κ2) is 3.54. The van der Waals surface area contributed by atoms with E-state index < -0.39 is 0 Å². The van der Waals surface area contributed by atoms with Gasteiger partial charge in [-0.1, -0.05) is 47.0 Å². The number of hydrogen-bond donors (Lipinski definition) is 0. The van der Waals surface area contributed by atoms with Crippen LogP contribution >= 0.6 is 0 Å². The van der Waals surface area contributed by atoms with Crippen molar-refractivity contribution in [3.63, 3.8) is 0 Å². The molecule has 0 amide bonds. The predicted octanol–water partition coefficient (Wildman–Crippen LogP) is 4.49. The molecule has 2 aliphatic carbocycles. The zero-order chi connectivity index (χ0) is 10.3. The molecule has 82 valence electrons. The van der Waals surface area contributed by atoms with Gasteiger partial charge in [0.1, 0.15) is 0 Å². The average Bonchev–Trinajstić information content (AvgIpc) is 2.18. The third-order valence-electron chi connectivity index (χ3n) is 5.53. The van der Waals surface area contributed by atoms with Crippen LogP contribution in [0.15, 0.2) is 0 Å². The maximum absolute atomic E-state index is 2.54. The topological polar surface area (TPSA) is 0 Å². The Bertz CT molecular complexity index is 206. The van der Waals surface area contributed by atoms with E-state index in [0.29, 0.717) is 5.41 Å². The SMILES string of the molecule is CCC1CCC(C)C2CC(C)(CC)C12. The molecule has 0 radical (unpaired) electrons. The van der Waals surface area contributed by atoms with Gasteiger partial charge < -0.3 is 0 Å². The van der Waals surface area contributed by atoms with Crippen LogP contribution in [0, 0.1) is 29.1 Å². The molecule has 5 atom stereocenters. The highest BCUT2D eigenvalue weighted by molar-refractivity contribution is 5.04. The summed E-state index contributed by atoms with van der Waals surface area (Å²) in [5.41, 5.74) is 0.708. The molecule has 2 aliphatic rings. The summed E-state index contributed by atoms with van der Waals surface area (Å²) in [4.78, 5) is 0. The van der Waals surface area contributed by atoms with Crippen molar-refractivity contribution < 1.29 is 0 Å². The van der Waals surface area contributed by atoms with Crippen LogP contribution in [0.3, 0.4) is 0 Å². The van der Waals surface area contributed by atoms with Gasteiger partial charge in [-0.15, -0.1) is 0 Å². The van der Waals surface area contributed by atoms with Crippen LogP contribution in [-0.4, -0.2) is 0 Å². The second-order valence-corrected chi connectivity index (χ2v) is 6.12.